The number of hydrogen-bond acceptors (Lipinski definition) is 6. The normalized spacial score (nSPS) is 15.4. The standard InChI is InChI=1S/C18H17F3N4O2S/c1-11-2-3-13(18(19,20)21)8-12(11)9-25-10-22-16(26)14-15(25)23-17(28-14)24-4-6-27-7-5-24/h2-3,8,10H,4-7,9H2,1H3. The molecule has 0 radical (unpaired) electrons. The molecule has 3 heterocycles. The van der Waals surface area contributed by atoms with Crippen LogP contribution in [0.1, 0.15) is 16.7 Å². The van der Waals surface area contributed by atoms with Crippen molar-refractivity contribution < 1.29 is 17.9 Å². The first-order chi connectivity index (χ1) is 13.3. The molecule has 28 heavy (non-hydrogen) atoms. The first-order valence-corrected chi connectivity index (χ1v) is 9.50. The summed E-state index contributed by atoms with van der Waals surface area (Å²) in [4.78, 5) is 22.7. The van der Waals surface area contributed by atoms with Crippen molar-refractivity contribution in [1.29, 1.82) is 0 Å². The molecular weight excluding hydrogens is 393 g/mol. The van der Waals surface area contributed by atoms with Crippen LogP contribution in [0.15, 0.2) is 29.3 Å². The van der Waals surface area contributed by atoms with Crippen molar-refractivity contribution in [3.05, 3.63) is 51.6 Å². The summed E-state index contributed by atoms with van der Waals surface area (Å²) in [6.45, 7) is 4.42. The Hall–Kier alpha value is -2.46. The SMILES string of the molecule is Cc1ccc(C(F)(F)F)cc1Cn1cnc(=O)c2sc(N3CCOCC3)nc21. The summed E-state index contributed by atoms with van der Waals surface area (Å²) in [5, 5.41) is 0.693. The van der Waals surface area contributed by atoms with Gasteiger partial charge in [0, 0.05) is 13.1 Å². The van der Waals surface area contributed by atoms with Crippen LogP contribution < -0.4 is 10.5 Å². The largest absolute Gasteiger partial charge is 0.416 e. The van der Waals surface area contributed by atoms with Gasteiger partial charge in [-0.25, -0.2) is 4.98 Å². The van der Waals surface area contributed by atoms with Crippen LogP contribution in [-0.4, -0.2) is 40.8 Å². The molecule has 0 amide bonds. The van der Waals surface area contributed by atoms with E-state index >= 15 is 0 Å². The Bertz CT molecular complexity index is 1070. The predicted octanol–water partition coefficient (Wildman–Crippen LogP) is 3.07. The number of fused-ring (bicyclic) bond motifs is 1. The number of alkyl halides is 3. The number of ether oxygens (including phenoxy) is 1. The van der Waals surface area contributed by atoms with E-state index in [1.54, 1.807) is 11.5 Å². The van der Waals surface area contributed by atoms with Crippen LogP contribution in [0.3, 0.4) is 0 Å². The van der Waals surface area contributed by atoms with Crippen molar-refractivity contribution >= 4 is 26.8 Å². The third-order valence-electron chi connectivity index (χ3n) is 4.68. The molecule has 2 aromatic heterocycles. The number of anilines is 1. The zero-order valence-corrected chi connectivity index (χ0v) is 15.8. The summed E-state index contributed by atoms with van der Waals surface area (Å²) >= 11 is 1.25. The lowest BCUT2D eigenvalue weighted by molar-refractivity contribution is -0.137. The van der Waals surface area contributed by atoms with E-state index in [0.29, 0.717) is 47.3 Å². The second-order valence-electron chi connectivity index (χ2n) is 6.57. The van der Waals surface area contributed by atoms with Gasteiger partial charge in [0.15, 0.2) is 10.8 Å². The number of morpholine rings is 1. The Kier molecular flexibility index (Phi) is 4.84. The van der Waals surface area contributed by atoms with Crippen LogP contribution in [0.5, 0.6) is 0 Å². The molecule has 1 aliphatic heterocycles. The van der Waals surface area contributed by atoms with E-state index in [0.717, 1.165) is 17.7 Å². The van der Waals surface area contributed by atoms with E-state index in [4.69, 9.17) is 4.74 Å². The molecule has 1 fully saturated rings. The van der Waals surface area contributed by atoms with Crippen molar-refractivity contribution in [2.75, 3.05) is 31.2 Å². The minimum Gasteiger partial charge on any atom is -0.378 e. The zero-order chi connectivity index (χ0) is 19.9. The number of nitrogens with zero attached hydrogens (tertiary/aromatic N) is 4. The Morgan fingerprint density at radius 2 is 2.00 bits per heavy atom. The molecule has 6 nitrogen and oxygen atoms in total. The van der Waals surface area contributed by atoms with Gasteiger partial charge in [0.05, 0.1) is 25.3 Å². The highest BCUT2D eigenvalue weighted by Crippen LogP contribution is 2.31. The van der Waals surface area contributed by atoms with Crippen LogP contribution in [-0.2, 0) is 17.5 Å². The van der Waals surface area contributed by atoms with Gasteiger partial charge >= 0.3 is 6.18 Å². The summed E-state index contributed by atoms with van der Waals surface area (Å²) < 4.78 is 46.6. The lowest BCUT2D eigenvalue weighted by atomic mass is 10.0. The molecule has 148 valence electrons. The van der Waals surface area contributed by atoms with Gasteiger partial charge in [0.25, 0.3) is 5.56 Å². The molecule has 0 spiro atoms. The van der Waals surface area contributed by atoms with Crippen LogP contribution in [0.2, 0.25) is 0 Å². The highest BCUT2D eigenvalue weighted by Gasteiger charge is 2.30. The average Bonchev–Trinajstić information content (AvgIpc) is 3.12. The third-order valence-corrected chi connectivity index (χ3v) is 5.77. The van der Waals surface area contributed by atoms with Crippen LogP contribution >= 0.6 is 11.3 Å². The second kappa shape index (κ2) is 7.17. The van der Waals surface area contributed by atoms with E-state index < -0.39 is 11.7 Å². The van der Waals surface area contributed by atoms with Crippen molar-refractivity contribution in [3.8, 4) is 0 Å². The van der Waals surface area contributed by atoms with E-state index in [1.807, 2.05) is 4.90 Å². The monoisotopic (exact) mass is 410 g/mol. The van der Waals surface area contributed by atoms with Crippen LogP contribution in [0.25, 0.3) is 10.3 Å². The Balaban J connectivity index is 1.74. The number of benzene rings is 1. The molecule has 0 aliphatic carbocycles. The van der Waals surface area contributed by atoms with E-state index in [9.17, 15) is 18.0 Å². The Morgan fingerprint density at radius 3 is 2.71 bits per heavy atom. The molecule has 4 rings (SSSR count). The van der Waals surface area contributed by atoms with Gasteiger partial charge in [-0.05, 0) is 30.2 Å². The second-order valence-corrected chi connectivity index (χ2v) is 7.54. The fourth-order valence-electron chi connectivity index (χ4n) is 3.08. The number of thiazole rings is 1. The van der Waals surface area contributed by atoms with Crippen molar-refractivity contribution in [2.45, 2.75) is 19.6 Å². The molecule has 1 aliphatic rings. The number of aromatic nitrogens is 3. The fraction of sp³-hybridized carbons (Fsp3) is 0.389. The van der Waals surface area contributed by atoms with Crippen LogP contribution in [0.4, 0.5) is 18.3 Å². The van der Waals surface area contributed by atoms with E-state index in [2.05, 4.69) is 9.97 Å². The number of rotatable bonds is 3. The molecule has 0 atom stereocenters. The molecule has 0 N–H and O–H groups in total. The highest BCUT2D eigenvalue weighted by atomic mass is 32.1. The Morgan fingerprint density at radius 1 is 1.25 bits per heavy atom. The average molecular weight is 410 g/mol. The van der Waals surface area contributed by atoms with Crippen molar-refractivity contribution in [2.24, 2.45) is 0 Å². The molecule has 3 aromatic rings. The van der Waals surface area contributed by atoms with Crippen molar-refractivity contribution in [3.63, 3.8) is 0 Å². The van der Waals surface area contributed by atoms with Gasteiger partial charge < -0.3 is 14.2 Å². The summed E-state index contributed by atoms with van der Waals surface area (Å²) in [5.41, 5.74) is 0.573. The smallest absolute Gasteiger partial charge is 0.378 e. The molecule has 1 saturated heterocycles. The highest BCUT2D eigenvalue weighted by molar-refractivity contribution is 7.22. The molecule has 10 heteroatoms. The maximum absolute atomic E-state index is 13.1. The van der Waals surface area contributed by atoms with Gasteiger partial charge in [0.2, 0.25) is 0 Å². The van der Waals surface area contributed by atoms with Gasteiger partial charge in [-0.1, -0.05) is 17.4 Å². The van der Waals surface area contributed by atoms with Crippen LogP contribution in [0, 0.1) is 6.92 Å². The fourth-order valence-corrected chi connectivity index (χ4v) is 4.10. The number of halogens is 3. The van der Waals surface area contributed by atoms with Crippen molar-refractivity contribution in [1.82, 2.24) is 14.5 Å². The quantitative estimate of drug-likeness (QED) is 0.664. The molecule has 0 bridgehead atoms. The maximum Gasteiger partial charge on any atom is 0.416 e. The van der Waals surface area contributed by atoms with Gasteiger partial charge in [-0.15, -0.1) is 0 Å². The molecule has 1 aromatic carbocycles. The minimum absolute atomic E-state index is 0.145. The minimum atomic E-state index is -4.41. The lowest BCUT2D eigenvalue weighted by Gasteiger charge is -2.25. The number of hydrogen-bond donors (Lipinski definition) is 0. The molecular formula is C18H17F3N4O2S. The first-order valence-electron chi connectivity index (χ1n) is 8.68. The van der Waals surface area contributed by atoms with E-state index in [1.165, 1.54) is 23.7 Å². The summed E-state index contributed by atoms with van der Waals surface area (Å²) in [5.74, 6) is 0. The van der Waals surface area contributed by atoms with Gasteiger partial charge in [-0.3, -0.25) is 4.79 Å². The predicted molar refractivity (Wildman–Crippen MR) is 100.0 cm³/mol. The van der Waals surface area contributed by atoms with E-state index in [-0.39, 0.29) is 12.1 Å². The third kappa shape index (κ3) is 3.61. The lowest BCUT2D eigenvalue weighted by Crippen LogP contribution is -2.36. The maximum atomic E-state index is 13.1. The topological polar surface area (TPSA) is 60.2 Å². The summed E-state index contributed by atoms with van der Waals surface area (Å²) in [6, 6.07) is 3.65. The summed E-state index contributed by atoms with van der Waals surface area (Å²) in [7, 11) is 0. The van der Waals surface area contributed by atoms with Gasteiger partial charge in [0.1, 0.15) is 11.0 Å². The Labute approximate surface area is 162 Å². The van der Waals surface area contributed by atoms with Gasteiger partial charge in [-0.2, -0.15) is 18.2 Å². The molecule has 0 unspecified atom stereocenters. The number of aryl methyl sites for hydroxylation is 1. The molecule has 0 saturated carbocycles. The first kappa shape index (κ1) is 18.9. The summed E-state index contributed by atoms with van der Waals surface area (Å²) in [6.07, 6.45) is -3.07. The zero-order valence-electron chi connectivity index (χ0n) is 15.0.